The topological polar surface area (TPSA) is 71.2 Å². The Kier molecular flexibility index (Phi) is 4.10. The first-order valence-corrected chi connectivity index (χ1v) is 5.12. The molecule has 2 N–H and O–H groups in total. The zero-order valence-corrected chi connectivity index (χ0v) is 9.66. The van der Waals surface area contributed by atoms with Crippen molar-refractivity contribution in [1.29, 1.82) is 0 Å². The first kappa shape index (κ1) is 12.3. The summed E-state index contributed by atoms with van der Waals surface area (Å²) < 4.78 is 4.59. The molecule has 0 spiro atoms. The van der Waals surface area contributed by atoms with Crippen LogP contribution in [-0.4, -0.2) is 30.0 Å². The minimum atomic E-state index is -0.591. The van der Waals surface area contributed by atoms with E-state index in [1.807, 2.05) is 6.92 Å². The molecule has 0 aliphatic rings. The standard InChI is InChI=1S/C11H16N2O3/c1-4-9(11(15)16-3)13-10(14)8-5-6-12-7(8)2/h5-6,9,12H,4H2,1-3H3,(H,13,14)/t9-/m1/s1. The van der Waals surface area contributed by atoms with Crippen molar-refractivity contribution in [3.63, 3.8) is 0 Å². The molecule has 88 valence electrons. The van der Waals surface area contributed by atoms with E-state index in [0.717, 1.165) is 5.69 Å². The number of amides is 1. The molecule has 1 aromatic rings. The lowest BCUT2D eigenvalue weighted by atomic mass is 10.2. The minimum Gasteiger partial charge on any atom is -0.467 e. The smallest absolute Gasteiger partial charge is 0.328 e. The number of aromatic nitrogens is 1. The number of carbonyl (C=O) groups is 2. The van der Waals surface area contributed by atoms with Crippen LogP contribution in [0, 0.1) is 6.92 Å². The number of nitrogens with one attached hydrogen (secondary N) is 2. The highest BCUT2D eigenvalue weighted by molar-refractivity contribution is 5.97. The molecule has 1 amide bonds. The van der Waals surface area contributed by atoms with Gasteiger partial charge in [0.2, 0.25) is 0 Å². The van der Waals surface area contributed by atoms with Gasteiger partial charge in [-0.25, -0.2) is 4.79 Å². The van der Waals surface area contributed by atoms with Crippen LogP contribution in [-0.2, 0) is 9.53 Å². The summed E-state index contributed by atoms with van der Waals surface area (Å²) in [7, 11) is 1.30. The lowest BCUT2D eigenvalue weighted by molar-refractivity contribution is -0.142. The second-order valence-electron chi connectivity index (χ2n) is 3.47. The van der Waals surface area contributed by atoms with Crippen molar-refractivity contribution in [3.05, 3.63) is 23.5 Å². The quantitative estimate of drug-likeness (QED) is 0.750. The molecule has 0 aliphatic heterocycles. The lowest BCUT2D eigenvalue weighted by Crippen LogP contribution is -2.41. The second kappa shape index (κ2) is 5.34. The average Bonchev–Trinajstić information content (AvgIpc) is 2.71. The molecular formula is C11H16N2O3. The summed E-state index contributed by atoms with van der Waals surface area (Å²) in [6.45, 7) is 3.61. The number of aryl methyl sites for hydroxylation is 1. The molecule has 0 saturated heterocycles. The van der Waals surface area contributed by atoms with E-state index in [0.29, 0.717) is 12.0 Å². The highest BCUT2D eigenvalue weighted by atomic mass is 16.5. The van der Waals surface area contributed by atoms with Crippen LogP contribution in [0.4, 0.5) is 0 Å². The van der Waals surface area contributed by atoms with E-state index in [9.17, 15) is 9.59 Å². The van der Waals surface area contributed by atoms with Gasteiger partial charge in [-0.2, -0.15) is 0 Å². The molecule has 0 fully saturated rings. The van der Waals surface area contributed by atoms with Crippen molar-refractivity contribution < 1.29 is 14.3 Å². The third-order valence-corrected chi connectivity index (χ3v) is 2.40. The molecule has 1 atom stereocenters. The minimum absolute atomic E-state index is 0.268. The third-order valence-electron chi connectivity index (χ3n) is 2.40. The van der Waals surface area contributed by atoms with Crippen molar-refractivity contribution in [1.82, 2.24) is 10.3 Å². The van der Waals surface area contributed by atoms with E-state index < -0.39 is 12.0 Å². The van der Waals surface area contributed by atoms with Gasteiger partial charge in [-0.3, -0.25) is 4.79 Å². The average molecular weight is 224 g/mol. The van der Waals surface area contributed by atoms with Gasteiger partial charge < -0.3 is 15.0 Å². The molecule has 0 aliphatic carbocycles. The van der Waals surface area contributed by atoms with Crippen molar-refractivity contribution in [2.45, 2.75) is 26.3 Å². The molecular weight excluding hydrogens is 208 g/mol. The molecule has 5 nitrogen and oxygen atoms in total. The zero-order valence-electron chi connectivity index (χ0n) is 9.66. The molecule has 0 radical (unpaired) electrons. The van der Waals surface area contributed by atoms with Crippen molar-refractivity contribution >= 4 is 11.9 Å². The van der Waals surface area contributed by atoms with Gasteiger partial charge in [0.15, 0.2) is 0 Å². The fourth-order valence-corrected chi connectivity index (χ4v) is 1.40. The van der Waals surface area contributed by atoms with Gasteiger partial charge in [0.1, 0.15) is 6.04 Å². The van der Waals surface area contributed by atoms with Gasteiger partial charge in [0.25, 0.3) is 5.91 Å². The van der Waals surface area contributed by atoms with Crippen molar-refractivity contribution in [3.8, 4) is 0 Å². The Hall–Kier alpha value is -1.78. The van der Waals surface area contributed by atoms with Gasteiger partial charge in [-0.05, 0) is 19.4 Å². The largest absolute Gasteiger partial charge is 0.467 e. The Morgan fingerprint density at radius 1 is 1.56 bits per heavy atom. The van der Waals surface area contributed by atoms with E-state index in [-0.39, 0.29) is 5.91 Å². The van der Waals surface area contributed by atoms with E-state index in [1.165, 1.54) is 7.11 Å². The predicted molar refractivity (Wildman–Crippen MR) is 59.1 cm³/mol. The van der Waals surface area contributed by atoms with Gasteiger partial charge in [-0.15, -0.1) is 0 Å². The number of hydrogen-bond acceptors (Lipinski definition) is 3. The van der Waals surface area contributed by atoms with Crippen LogP contribution in [0.1, 0.15) is 29.4 Å². The fraction of sp³-hybridized carbons (Fsp3) is 0.455. The molecule has 1 heterocycles. The Morgan fingerprint density at radius 3 is 2.69 bits per heavy atom. The second-order valence-corrected chi connectivity index (χ2v) is 3.47. The van der Waals surface area contributed by atoms with Crippen LogP contribution < -0.4 is 5.32 Å². The van der Waals surface area contributed by atoms with Crippen molar-refractivity contribution in [2.75, 3.05) is 7.11 Å². The maximum Gasteiger partial charge on any atom is 0.328 e. The summed E-state index contributed by atoms with van der Waals surface area (Å²) in [6.07, 6.45) is 2.19. The zero-order chi connectivity index (χ0) is 12.1. The van der Waals surface area contributed by atoms with E-state index >= 15 is 0 Å². The molecule has 0 unspecified atom stereocenters. The number of esters is 1. The third kappa shape index (κ3) is 2.62. The number of carbonyl (C=O) groups excluding carboxylic acids is 2. The maximum absolute atomic E-state index is 11.8. The van der Waals surface area contributed by atoms with Crippen molar-refractivity contribution in [2.24, 2.45) is 0 Å². The van der Waals surface area contributed by atoms with Crippen LogP contribution in [0.15, 0.2) is 12.3 Å². The Bertz CT molecular complexity index is 384. The Morgan fingerprint density at radius 2 is 2.25 bits per heavy atom. The van der Waals surface area contributed by atoms with E-state index in [1.54, 1.807) is 19.2 Å². The van der Waals surface area contributed by atoms with Gasteiger partial charge in [0, 0.05) is 11.9 Å². The maximum atomic E-state index is 11.8. The van der Waals surface area contributed by atoms with Gasteiger partial charge >= 0.3 is 5.97 Å². The van der Waals surface area contributed by atoms with E-state index in [4.69, 9.17) is 0 Å². The number of H-pyrrole nitrogens is 1. The summed E-state index contributed by atoms with van der Waals surface area (Å²) in [5.74, 6) is -0.694. The molecule has 0 aromatic carbocycles. The first-order valence-electron chi connectivity index (χ1n) is 5.12. The van der Waals surface area contributed by atoms with Crippen LogP contribution in [0.25, 0.3) is 0 Å². The highest BCUT2D eigenvalue weighted by Crippen LogP contribution is 2.05. The van der Waals surface area contributed by atoms with Gasteiger partial charge in [-0.1, -0.05) is 6.92 Å². The number of aromatic amines is 1. The SMILES string of the molecule is CC[C@@H](NC(=O)c1cc[nH]c1C)C(=O)OC. The lowest BCUT2D eigenvalue weighted by Gasteiger charge is -2.14. The predicted octanol–water partition coefficient (Wildman–Crippen LogP) is 1.00. The summed E-state index contributed by atoms with van der Waals surface area (Å²) >= 11 is 0. The first-order chi connectivity index (χ1) is 7.60. The normalized spacial score (nSPS) is 11.9. The molecule has 5 heteroatoms. The Balaban J connectivity index is 2.70. The highest BCUT2D eigenvalue weighted by Gasteiger charge is 2.20. The molecule has 16 heavy (non-hydrogen) atoms. The molecule has 1 rings (SSSR count). The summed E-state index contributed by atoms with van der Waals surface area (Å²) in [5.41, 5.74) is 1.32. The number of methoxy groups -OCH3 is 1. The summed E-state index contributed by atoms with van der Waals surface area (Å²) in [6, 6.07) is 1.08. The van der Waals surface area contributed by atoms with Crippen LogP contribution >= 0.6 is 0 Å². The number of rotatable bonds is 4. The van der Waals surface area contributed by atoms with Crippen LogP contribution in [0.2, 0.25) is 0 Å². The van der Waals surface area contributed by atoms with Crippen LogP contribution in [0.3, 0.4) is 0 Å². The number of hydrogen-bond donors (Lipinski definition) is 2. The number of ether oxygens (including phenoxy) is 1. The molecule has 1 aromatic heterocycles. The fourth-order valence-electron chi connectivity index (χ4n) is 1.40. The molecule has 0 bridgehead atoms. The summed E-state index contributed by atoms with van der Waals surface area (Å²) in [5, 5.41) is 2.63. The monoisotopic (exact) mass is 224 g/mol. The molecule has 0 saturated carbocycles. The van der Waals surface area contributed by atoms with Crippen LogP contribution in [0.5, 0.6) is 0 Å². The van der Waals surface area contributed by atoms with E-state index in [2.05, 4.69) is 15.0 Å². The van der Waals surface area contributed by atoms with Gasteiger partial charge in [0.05, 0.1) is 12.7 Å². The Labute approximate surface area is 94.2 Å². The summed E-state index contributed by atoms with van der Waals surface area (Å²) in [4.78, 5) is 26.0.